The SMILES string of the molecule is Cc1ccc(C(=O)NC2CCN(c3nc(-c4ccc(F)cc4)cs3)CC2)s1. The number of nitrogens with one attached hydrogen (secondary N) is 1. The van der Waals surface area contributed by atoms with Crippen molar-refractivity contribution in [3.05, 3.63) is 57.3 Å². The van der Waals surface area contributed by atoms with E-state index >= 15 is 0 Å². The Morgan fingerprint density at radius 2 is 1.93 bits per heavy atom. The van der Waals surface area contributed by atoms with E-state index in [9.17, 15) is 9.18 Å². The number of rotatable bonds is 4. The van der Waals surface area contributed by atoms with Crippen LogP contribution in [0.1, 0.15) is 27.4 Å². The fraction of sp³-hybridized carbons (Fsp3) is 0.300. The molecule has 7 heteroatoms. The van der Waals surface area contributed by atoms with E-state index in [1.165, 1.54) is 23.5 Å². The third-order valence-corrected chi connectivity index (χ3v) is 6.60. The number of nitrogens with zero attached hydrogens (tertiary/aromatic N) is 2. The predicted octanol–water partition coefficient (Wildman–Crippen LogP) is 4.72. The molecule has 2 aromatic heterocycles. The minimum Gasteiger partial charge on any atom is -0.348 e. The predicted molar refractivity (Wildman–Crippen MR) is 109 cm³/mol. The molecule has 0 bridgehead atoms. The first-order valence-corrected chi connectivity index (χ1v) is 10.6. The molecule has 1 amide bonds. The van der Waals surface area contributed by atoms with Gasteiger partial charge in [-0.25, -0.2) is 9.37 Å². The molecule has 1 aromatic carbocycles. The van der Waals surface area contributed by atoms with Crippen molar-refractivity contribution >= 4 is 33.7 Å². The number of anilines is 1. The van der Waals surface area contributed by atoms with Gasteiger partial charge in [0.05, 0.1) is 10.6 Å². The molecule has 1 aliphatic rings. The van der Waals surface area contributed by atoms with Crippen LogP contribution in [0.5, 0.6) is 0 Å². The number of carbonyl (C=O) groups excluding carboxylic acids is 1. The summed E-state index contributed by atoms with van der Waals surface area (Å²) in [4.78, 5) is 21.2. The van der Waals surface area contributed by atoms with E-state index in [-0.39, 0.29) is 17.8 Å². The fourth-order valence-corrected chi connectivity index (χ4v) is 4.85. The van der Waals surface area contributed by atoms with E-state index in [4.69, 9.17) is 4.98 Å². The van der Waals surface area contributed by atoms with Crippen LogP contribution in [0.2, 0.25) is 0 Å². The van der Waals surface area contributed by atoms with E-state index in [0.717, 1.165) is 52.1 Å². The first kappa shape index (κ1) is 18.1. The highest BCUT2D eigenvalue weighted by molar-refractivity contribution is 7.14. The summed E-state index contributed by atoms with van der Waals surface area (Å²) in [7, 11) is 0. The number of amides is 1. The van der Waals surface area contributed by atoms with Gasteiger partial charge in [0, 0.05) is 35.0 Å². The van der Waals surface area contributed by atoms with Crippen molar-refractivity contribution in [2.75, 3.05) is 18.0 Å². The van der Waals surface area contributed by atoms with Crippen LogP contribution < -0.4 is 10.2 Å². The highest BCUT2D eigenvalue weighted by Crippen LogP contribution is 2.29. The number of thiazole rings is 1. The number of carbonyl (C=O) groups is 1. The molecule has 3 heterocycles. The van der Waals surface area contributed by atoms with Gasteiger partial charge < -0.3 is 10.2 Å². The first-order valence-electron chi connectivity index (χ1n) is 8.92. The molecular weight excluding hydrogens is 381 g/mol. The Morgan fingerprint density at radius 3 is 2.59 bits per heavy atom. The second-order valence-electron chi connectivity index (χ2n) is 6.67. The van der Waals surface area contributed by atoms with Crippen LogP contribution >= 0.6 is 22.7 Å². The van der Waals surface area contributed by atoms with Crippen LogP contribution in [-0.4, -0.2) is 30.0 Å². The summed E-state index contributed by atoms with van der Waals surface area (Å²) in [6.07, 6.45) is 1.81. The van der Waals surface area contributed by atoms with Crippen LogP contribution in [0.15, 0.2) is 41.8 Å². The third kappa shape index (κ3) is 4.20. The maximum Gasteiger partial charge on any atom is 0.261 e. The molecular formula is C20H20FN3OS2. The second kappa shape index (κ2) is 7.78. The quantitative estimate of drug-likeness (QED) is 0.688. The summed E-state index contributed by atoms with van der Waals surface area (Å²) >= 11 is 3.13. The van der Waals surface area contributed by atoms with Gasteiger partial charge >= 0.3 is 0 Å². The summed E-state index contributed by atoms with van der Waals surface area (Å²) < 4.78 is 13.1. The molecule has 0 aliphatic carbocycles. The zero-order chi connectivity index (χ0) is 18.8. The molecule has 4 nitrogen and oxygen atoms in total. The van der Waals surface area contributed by atoms with E-state index in [1.807, 2.05) is 24.4 Å². The lowest BCUT2D eigenvalue weighted by Crippen LogP contribution is -2.44. The molecule has 1 saturated heterocycles. The van der Waals surface area contributed by atoms with Crippen molar-refractivity contribution in [3.63, 3.8) is 0 Å². The number of hydrogen-bond donors (Lipinski definition) is 1. The van der Waals surface area contributed by atoms with E-state index < -0.39 is 0 Å². The summed E-state index contributed by atoms with van der Waals surface area (Å²) in [5, 5.41) is 6.14. The Hall–Kier alpha value is -2.25. The lowest BCUT2D eigenvalue weighted by molar-refractivity contribution is 0.0935. The lowest BCUT2D eigenvalue weighted by atomic mass is 10.1. The lowest BCUT2D eigenvalue weighted by Gasteiger charge is -2.32. The highest BCUT2D eigenvalue weighted by Gasteiger charge is 2.23. The molecule has 0 spiro atoms. The molecule has 1 N–H and O–H groups in total. The van der Waals surface area contributed by atoms with Crippen LogP contribution in [0.3, 0.4) is 0 Å². The van der Waals surface area contributed by atoms with Crippen molar-refractivity contribution in [1.29, 1.82) is 0 Å². The van der Waals surface area contributed by atoms with Crippen molar-refractivity contribution < 1.29 is 9.18 Å². The molecule has 4 rings (SSSR count). The molecule has 27 heavy (non-hydrogen) atoms. The second-order valence-corrected chi connectivity index (χ2v) is 8.79. The molecule has 3 aromatic rings. The Balaban J connectivity index is 1.34. The standard InChI is InChI=1S/C20H20FN3OS2/c1-13-2-7-18(27-13)19(25)22-16-8-10-24(11-9-16)20-23-17(12-26-20)14-3-5-15(21)6-4-14/h2-7,12,16H,8-11H2,1H3,(H,22,25). The Labute approximate surface area is 165 Å². The summed E-state index contributed by atoms with van der Waals surface area (Å²) in [6, 6.07) is 10.5. The molecule has 0 saturated carbocycles. The number of thiophene rings is 1. The fourth-order valence-electron chi connectivity index (χ4n) is 3.19. The van der Waals surface area contributed by atoms with E-state index in [1.54, 1.807) is 23.5 Å². The van der Waals surface area contributed by atoms with Crippen molar-refractivity contribution in [2.24, 2.45) is 0 Å². The van der Waals surface area contributed by atoms with Gasteiger partial charge in [-0.05, 0) is 56.2 Å². The molecule has 0 unspecified atom stereocenters. The van der Waals surface area contributed by atoms with Gasteiger partial charge in [-0.2, -0.15) is 0 Å². The van der Waals surface area contributed by atoms with E-state index in [2.05, 4.69) is 10.2 Å². The summed E-state index contributed by atoms with van der Waals surface area (Å²) in [6.45, 7) is 3.74. The number of aryl methyl sites for hydroxylation is 1. The number of piperidine rings is 1. The number of aromatic nitrogens is 1. The smallest absolute Gasteiger partial charge is 0.261 e. The Morgan fingerprint density at radius 1 is 1.19 bits per heavy atom. The largest absolute Gasteiger partial charge is 0.348 e. The average Bonchev–Trinajstić information content (AvgIpc) is 3.32. The van der Waals surface area contributed by atoms with Gasteiger partial charge in [0.2, 0.25) is 0 Å². The molecule has 140 valence electrons. The van der Waals surface area contributed by atoms with Crippen molar-refractivity contribution in [2.45, 2.75) is 25.8 Å². The highest BCUT2D eigenvalue weighted by atomic mass is 32.1. The first-order chi connectivity index (χ1) is 13.1. The Bertz CT molecular complexity index is 927. The maximum atomic E-state index is 13.1. The zero-order valence-electron chi connectivity index (χ0n) is 14.9. The van der Waals surface area contributed by atoms with Gasteiger partial charge in [0.25, 0.3) is 5.91 Å². The zero-order valence-corrected chi connectivity index (χ0v) is 16.6. The van der Waals surface area contributed by atoms with E-state index in [0.29, 0.717) is 0 Å². The van der Waals surface area contributed by atoms with Gasteiger partial charge in [-0.3, -0.25) is 4.79 Å². The molecule has 1 fully saturated rings. The summed E-state index contributed by atoms with van der Waals surface area (Å²) in [5.74, 6) is -0.213. The third-order valence-electron chi connectivity index (χ3n) is 4.70. The van der Waals surface area contributed by atoms with Gasteiger partial charge in [0.15, 0.2) is 5.13 Å². The topological polar surface area (TPSA) is 45.2 Å². The minimum atomic E-state index is -0.240. The molecule has 1 aliphatic heterocycles. The number of hydrogen-bond acceptors (Lipinski definition) is 5. The van der Waals surface area contributed by atoms with Crippen LogP contribution in [0, 0.1) is 12.7 Å². The average molecular weight is 402 g/mol. The van der Waals surface area contributed by atoms with Crippen LogP contribution in [-0.2, 0) is 0 Å². The van der Waals surface area contributed by atoms with Gasteiger partial charge in [0.1, 0.15) is 5.82 Å². The Kier molecular flexibility index (Phi) is 5.22. The normalized spacial score (nSPS) is 15.1. The molecule has 0 radical (unpaired) electrons. The number of benzene rings is 1. The van der Waals surface area contributed by atoms with Crippen molar-refractivity contribution in [3.8, 4) is 11.3 Å². The van der Waals surface area contributed by atoms with Crippen LogP contribution in [0.4, 0.5) is 9.52 Å². The van der Waals surface area contributed by atoms with Crippen molar-refractivity contribution in [1.82, 2.24) is 10.3 Å². The molecule has 0 atom stereocenters. The van der Waals surface area contributed by atoms with Gasteiger partial charge in [-0.1, -0.05) is 0 Å². The van der Waals surface area contributed by atoms with Crippen LogP contribution in [0.25, 0.3) is 11.3 Å². The number of halogens is 1. The maximum absolute atomic E-state index is 13.1. The summed E-state index contributed by atoms with van der Waals surface area (Å²) in [5.41, 5.74) is 1.80. The van der Waals surface area contributed by atoms with Gasteiger partial charge in [-0.15, -0.1) is 22.7 Å². The minimum absolute atomic E-state index is 0.0272. The monoisotopic (exact) mass is 401 g/mol.